The third-order valence-corrected chi connectivity index (χ3v) is 4.23. The van der Waals surface area contributed by atoms with Crippen LogP contribution in [-0.4, -0.2) is 24.9 Å². The lowest BCUT2D eigenvalue weighted by molar-refractivity contribution is 0.0526. The van der Waals surface area contributed by atoms with Gasteiger partial charge in [0.15, 0.2) is 0 Å². The first-order valence-corrected chi connectivity index (χ1v) is 7.05. The van der Waals surface area contributed by atoms with Gasteiger partial charge < -0.3 is 14.6 Å². The molecule has 1 N–H and O–H groups in total. The second kappa shape index (κ2) is 6.04. The molecule has 0 radical (unpaired) electrons. The Kier molecular flexibility index (Phi) is 4.65. The van der Waals surface area contributed by atoms with Gasteiger partial charge in [0.2, 0.25) is 0 Å². The van der Waals surface area contributed by atoms with Gasteiger partial charge in [-0.3, -0.25) is 0 Å². The number of aliphatic hydroxyl groups excluding tert-OH is 1. The van der Waals surface area contributed by atoms with Crippen LogP contribution < -0.4 is 4.74 Å². The lowest BCUT2D eigenvalue weighted by atomic mass is 10.00. The number of rotatable bonds is 4. The van der Waals surface area contributed by atoms with Crippen molar-refractivity contribution in [2.75, 3.05) is 13.7 Å². The molecule has 0 aromatic heterocycles. The van der Waals surface area contributed by atoms with Gasteiger partial charge in [0.1, 0.15) is 5.75 Å². The number of benzene rings is 1. The molecule has 0 bridgehead atoms. The maximum Gasteiger partial charge on any atom is 0.125 e. The second-order valence-corrected chi connectivity index (χ2v) is 5.58. The van der Waals surface area contributed by atoms with Crippen LogP contribution >= 0.6 is 15.9 Å². The quantitative estimate of drug-likeness (QED) is 0.926. The normalized spacial score (nSPS) is 21.0. The monoisotopic (exact) mass is 314 g/mol. The van der Waals surface area contributed by atoms with Gasteiger partial charge in [-0.25, -0.2) is 0 Å². The SMILES string of the molecule is COc1cc(C)c(Br)cc1C(O)CC1CCCO1. The molecule has 0 amide bonds. The lowest BCUT2D eigenvalue weighted by Crippen LogP contribution is -2.12. The largest absolute Gasteiger partial charge is 0.496 e. The van der Waals surface area contributed by atoms with Crippen molar-refractivity contribution in [3.05, 3.63) is 27.7 Å². The fourth-order valence-corrected chi connectivity index (χ4v) is 2.67. The Morgan fingerprint density at radius 3 is 2.94 bits per heavy atom. The van der Waals surface area contributed by atoms with Gasteiger partial charge in [0.25, 0.3) is 0 Å². The number of hydrogen-bond acceptors (Lipinski definition) is 3. The Balaban J connectivity index is 2.17. The van der Waals surface area contributed by atoms with E-state index < -0.39 is 6.10 Å². The predicted molar refractivity (Wildman–Crippen MR) is 74.0 cm³/mol. The average molecular weight is 315 g/mol. The molecule has 2 unspecified atom stereocenters. The van der Waals surface area contributed by atoms with Gasteiger partial charge in [-0.1, -0.05) is 15.9 Å². The van der Waals surface area contributed by atoms with Gasteiger partial charge in [-0.05, 0) is 37.5 Å². The molecule has 18 heavy (non-hydrogen) atoms. The Hall–Kier alpha value is -0.580. The minimum Gasteiger partial charge on any atom is -0.496 e. The zero-order valence-electron chi connectivity index (χ0n) is 10.8. The number of halogens is 1. The molecule has 1 fully saturated rings. The number of ether oxygens (including phenoxy) is 2. The maximum absolute atomic E-state index is 10.3. The molecule has 4 heteroatoms. The van der Waals surface area contributed by atoms with Gasteiger partial charge >= 0.3 is 0 Å². The highest BCUT2D eigenvalue weighted by atomic mass is 79.9. The number of aliphatic hydroxyl groups is 1. The fourth-order valence-electron chi connectivity index (χ4n) is 2.31. The molecule has 3 nitrogen and oxygen atoms in total. The van der Waals surface area contributed by atoms with Crippen LogP contribution in [0.5, 0.6) is 5.75 Å². The highest BCUT2D eigenvalue weighted by Gasteiger charge is 2.23. The summed E-state index contributed by atoms with van der Waals surface area (Å²) in [6, 6.07) is 3.88. The average Bonchev–Trinajstić information content (AvgIpc) is 2.84. The van der Waals surface area contributed by atoms with Gasteiger partial charge in [-0.15, -0.1) is 0 Å². The van der Waals surface area contributed by atoms with E-state index in [9.17, 15) is 5.11 Å². The number of methoxy groups -OCH3 is 1. The summed E-state index contributed by atoms with van der Waals surface area (Å²) in [5.41, 5.74) is 1.92. The van der Waals surface area contributed by atoms with E-state index in [-0.39, 0.29) is 6.10 Å². The molecule has 2 atom stereocenters. The molecular weight excluding hydrogens is 296 g/mol. The summed E-state index contributed by atoms with van der Waals surface area (Å²) in [7, 11) is 1.63. The maximum atomic E-state index is 10.3. The first-order chi connectivity index (χ1) is 8.61. The van der Waals surface area contributed by atoms with Crippen molar-refractivity contribution >= 4 is 15.9 Å². The summed E-state index contributed by atoms with van der Waals surface area (Å²) in [6.07, 6.45) is 2.38. The first-order valence-electron chi connectivity index (χ1n) is 6.25. The second-order valence-electron chi connectivity index (χ2n) is 4.73. The fraction of sp³-hybridized carbons (Fsp3) is 0.571. The van der Waals surface area contributed by atoms with E-state index in [0.29, 0.717) is 6.42 Å². The summed E-state index contributed by atoms with van der Waals surface area (Å²) < 4.78 is 11.9. The summed E-state index contributed by atoms with van der Waals surface area (Å²) in [5, 5.41) is 10.3. The number of aryl methyl sites for hydroxylation is 1. The van der Waals surface area contributed by atoms with Crippen molar-refractivity contribution < 1.29 is 14.6 Å². The van der Waals surface area contributed by atoms with Crippen LogP contribution in [-0.2, 0) is 4.74 Å². The van der Waals surface area contributed by atoms with Crippen LogP contribution in [0.25, 0.3) is 0 Å². The highest BCUT2D eigenvalue weighted by Crippen LogP contribution is 2.34. The third kappa shape index (κ3) is 3.05. The molecule has 1 aromatic rings. The molecule has 1 heterocycles. The van der Waals surface area contributed by atoms with E-state index in [1.807, 2.05) is 19.1 Å². The topological polar surface area (TPSA) is 38.7 Å². The van der Waals surface area contributed by atoms with Crippen molar-refractivity contribution in [2.24, 2.45) is 0 Å². The summed E-state index contributed by atoms with van der Waals surface area (Å²) in [4.78, 5) is 0. The zero-order chi connectivity index (χ0) is 13.1. The van der Waals surface area contributed by atoms with E-state index in [2.05, 4.69) is 15.9 Å². The van der Waals surface area contributed by atoms with Crippen LogP contribution in [0.3, 0.4) is 0 Å². The molecule has 0 aliphatic carbocycles. The van der Waals surface area contributed by atoms with Gasteiger partial charge in [0.05, 0.1) is 19.3 Å². The molecule has 100 valence electrons. The Morgan fingerprint density at radius 1 is 1.56 bits per heavy atom. The van der Waals surface area contributed by atoms with Crippen LogP contribution in [0.1, 0.15) is 36.5 Å². The highest BCUT2D eigenvalue weighted by molar-refractivity contribution is 9.10. The molecular formula is C14H19BrO3. The Morgan fingerprint density at radius 2 is 2.33 bits per heavy atom. The molecule has 1 aromatic carbocycles. The predicted octanol–water partition coefficient (Wildman–Crippen LogP) is 3.37. The standard InChI is InChI=1S/C14H19BrO3/c1-9-6-14(17-2)11(8-12(9)15)13(16)7-10-4-3-5-18-10/h6,8,10,13,16H,3-5,7H2,1-2H3. The van der Waals surface area contributed by atoms with Crippen molar-refractivity contribution in [3.8, 4) is 5.75 Å². The van der Waals surface area contributed by atoms with Crippen molar-refractivity contribution in [1.82, 2.24) is 0 Å². The van der Waals surface area contributed by atoms with Crippen LogP contribution in [0.15, 0.2) is 16.6 Å². The van der Waals surface area contributed by atoms with Crippen molar-refractivity contribution in [3.63, 3.8) is 0 Å². The molecule has 1 aliphatic heterocycles. The third-order valence-electron chi connectivity index (χ3n) is 3.38. The molecule has 2 rings (SSSR count). The molecule has 1 saturated heterocycles. The molecule has 0 spiro atoms. The summed E-state index contributed by atoms with van der Waals surface area (Å²) in [6.45, 7) is 2.81. The van der Waals surface area contributed by atoms with E-state index in [4.69, 9.17) is 9.47 Å². The first kappa shape index (κ1) is 13.8. The van der Waals surface area contributed by atoms with Crippen molar-refractivity contribution in [1.29, 1.82) is 0 Å². The molecule has 1 aliphatic rings. The summed E-state index contributed by atoms with van der Waals surface area (Å²) >= 11 is 3.49. The van der Waals surface area contributed by atoms with E-state index >= 15 is 0 Å². The van der Waals surface area contributed by atoms with Crippen LogP contribution in [0.4, 0.5) is 0 Å². The van der Waals surface area contributed by atoms with Crippen molar-refractivity contribution in [2.45, 2.75) is 38.4 Å². The smallest absolute Gasteiger partial charge is 0.125 e. The number of hydrogen-bond donors (Lipinski definition) is 1. The van der Waals surface area contributed by atoms with Crippen LogP contribution in [0, 0.1) is 6.92 Å². The lowest BCUT2D eigenvalue weighted by Gasteiger charge is -2.19. The Labute approximate surface area is 116 Å². The van der Waals surface area contributed by atoms with E-state index in [1.54, 1.807) is 7.11 Å². The van der Waals surface area contributed by atoms with E-state index in [0.717, 1.165) is 40.8 Å². The minimum atomic E-state index is -0.542. The van der Waals surface area contributed by atoms with E-state index in [1.165, 1.54) is 0 Å². The van der Waals surface area contributed by atoms with Crippen LogP contribution in [0.2, 0.25) is 0 Å². The van der Waals surface area contributed by atoms with Gasteiger partial charge in [-0.2, -0.15) is 0 Å². The molecule has 0 saturated carbocycles. The van der Waals surface area contributed by atoms with Gasteiger partial charge in [0, 0.05) is 23.1 Å². The zero-order valence-corrected chi connectivity index (χ0v) is 12.4. The minimum absolute atomic E-state index is 0.171. The summed E-state index contributed by atoms with van der Waals surface area (Å²) in [5.74, 6) is 0.737. The Bertz CT molecular complexity index is 414.